The Bertz CT molecular complexity index is 878. The van der Waals surface area contributed by atoms with Gasteiger partial charge in [0.25, 0.3) is 5.91 Å². The number of carbonyl (C=O) groups excluding carboxylic acids is 1. The number of carbonyl (C=O) groups is 1. The summed E-state index contributed by atoms with van der Waals surface area (Å²) >= 11 is 1.66. The number of ether oxygens (including phenoxy) is 1. The molecule has 0 saturated carbocycles. The van der Waals surface area contributed by atoms with Gasteiger partial charge in [-0.25, -0.2) is 9.97 Å². The Morgan fingerprint density at radius 1 is 1.04 bits per heavy atom. The van der Waals surface area contributed by atoms with Crippen molar-refractivity contribution in [2.75, 3.05) is 31.1 Å². The number of anilines is 1. The average molecular weight is 380 g/mol. The summed E-state index contributed by atoms with van der Waals surface area (Å²) in [5.74, 6) is 1.46. The summed E-state index contributed by atoms with van der Waals surface area (Å²) in [6, 6.07) is 13.3. The van der Waals surface area contributed by atoms with E-state index in [4.69, 9.17) is 4.74 Å². The largest absolute Gasteiger partial charge is 0.488 e. The fourth-order valence-electron chi connectivity index (χ4n) is 3.01. The third-order valence-corrected chi connectivity index (χ3v) is 5.29. The van der Waals surface area contributed by atoms with E-state index in [-0.39, 0.29) is 5.91 Å². The Kier molecular flexibility index (Phi) is 5.29. The molecule has 0 unspecified atom stereocenters. The molecule has 1 amide bonds. The highest BCUT2D eigenvalue weighted by molar-refractivity contribution is 7.09. The van der Waals surface area contributed by atoms with Crippen LogP contribution in [0.4, 0.5) is 5.95 Å². The van der Waals surface area contributed by atoms with Gasteiger partial charge in [-0.3, -0.25) is 4.79 Å². The Morgan fingerprint density at radius 3 is 2.59 bits per heavy atom. The van der Waals surface area contributed by atoms with Crippen LogP contribution in [0.3, 0.4) is 0 Å². The smallest absolute Gasteiger partial charge is 0.254 e. The molecule has 7 heteroatoms. The minimum absolute atomic E-state index is 0.0326. The fourth-order valence-corrected chi connectivity index (χ4v) is 3.63. The molecular formula is C20H20N4O2S. The molecule has 1 aromatic carbocycles. The van der Waals surface area contributed by atoms with Crippen molar-refractivity contribution in [1.82, 2.24) is 14.9 Å². The van der Waals surface area contributed by atoms with E-state index in [2.05, 4.69) is 14.9 Å². The molecule has 1 fully saturated rings. The van der Waals surface area contributed by atoms with Crippen LogP contribution in [0.1, 0.15) is 15.2 Å². The van der Waals surface area contributed by atoms with Crippen molar-refractivity contribution < 1.29 is 9.53 Å². The van der Waals surface area contributed by atoms with Crippen LogP contribution in [0.15, 0.2) is 60.2 Å². The van der Waals surface area contributed by atoms with Crippen LogP contribution in [-0.4, -0.2) is 47.0 Å². The molecule has 27 heavy (non-hydrogen) atoms. The SMILES string of the molecule is O=C(c1cccc(OCc2cccs2)c1)N1CCN(c2ncccn2)CC1. The minimum Gasteiger partial charge on any atom is -0.488 e. The number of hydrogen-bond donors (Lipinski definition) is 0. The normalized spacial score (nSPS) is 14.2. The highest BCUT2D eigenvalue weighted by Gasteiger charge is 2.23. The van der Waals surface area contributed by atoms with E-state index in [1.165, 1.54) is 0 Å². The third-order valence-electron chi connectivity index (χ3n) is 4.44. The number of piperazine rings is 1. The molecule has 0 aliphatic carbocycles. The van der Waals surface area contributed by atoms with Crippen molar-refractivity contribution in [1.29, 1.82) is 0 Å². The molecule has 1 aliphatic rings. The van der Waals surface area contributed by atoms with Gasteiger partial charge < -0.3 is 14.5 Å². The number of thiophene rings is 1. The van der Waals surface area contributed by atoms with E-state index in [0.29, 0.717) is 37.0 Å². The predicted octanol–water partition coefficient (Wildman–Crippen LogP) is 3.08. The van der Waals surface area contributed by atoms with Gasteiger partial charge in [0.1, 0.15) is 12.4 Å². The van der Waals surface area contributed by atoms with Gasteiger partial charge in [-0.15, -0.1) is 11.3 Å². The van der Waals surface area contributed by atoms with Gasteiger partial charge in [0.05, 0.1) is 0 Å². The lowest BCUT2D eigenvalue weighted by Crippen LogP contribution is -2.49. The minimum atomic E-state index is 0.0326. The van der Waals surface area contributed by atoms with E-state index in [1.807, 2.05) is 46.7 Å². The molecule has 0 radical (unpaired) electrons. The number of amides is 1. The highest BCUT2D eigenvalue weighted by atomic mass is 32.1. The lowest BCUT2D eigenvalue weighted by molar-refractivity contribution is 0.0745. The molecule has 1 aliphatic heterocycles. The number of aromatic nitrogens is 2. The summed E-state index contributed by atoms with van der Waals surface area (Å²) in [5, 5.41) is 2.03. The topological polar surface area (TPSA) is 58.6 Å². The second kappa shape index (κ2) is 8.18. The zero-order valence-electron chi connectivity index (χ0n) is 14.8. The molecule has 138 valence electrons. The number of hydrogen-bond acceptors (Lipinski definition) is 6. The number of nitrogens with zero attached hydrogens (tertiary/aromatic N) is 4. The van der Waals surface area contributed by atoms with Crippen molar-refractivity contribution in [3.8, 4) is 5.75 Å². The molecule has 0 N–H and O–H groups in total. The van der Waals surface area contributed by atoms with Crippen molar-refractivity contribution in [2.24, 2.45) is 0 Å². The van der Waals surface area contributed by atoms with Crippen molar-refractivity contribution in [3.63, 3.8) is 0 Å². The van der Waals surface area contributed by atoms with Crippen LogP contribution in [0, 0.1) is 0 Å². The van der Waals surface area contributed by atoms with Crippen LogP contribution >= 0.6 is 11.3 Å². The lowest BCUT2D eigenvalue weighted by atomic mass is 10.1. The first-order valence-corrected chi connectivity index (χ1v) is 9.74. The fraction of sp³-hybridized carbons (Fsp3) is 0.250. The Labute approximate surface area is 162 Å². The maximum absolute atomic E-state index is 12.9. The summed E-state index contributed by atoms with van der Waals surface area (Å²) < 4.78 is 5.82. The quantitative estimate of drug-likeness (QED) is 0.681. The van der Waals surface area contributed by atoms with Crippen molar-refractivity contribution >= 4 is 23.2 Å². The summed E-state index contributed by atoms with van der Waals surface area (Å²) in [6.45, 7) is 3.27. The monoisotopic (exact) mass is 380 g/mol. The number of benzene rings is 1. The summed E-state index contributed by atoms with van der Waals surface area (Å²) in [5.41, 5.74) is 0.656. The molecule has 6 nitrogen and oxygen atoms in total. The first kappa shape index (κ1) is 17.5. The van der Waals surface area contributed by atoms with Crippen LogP contribution in [-0.2, 0) is 6.61 Å². The van der Waals surface area contributed by atoms with Crippen LogP contribution in [0.25, 0.3) is 0 Å². The third kappa shape index (κ3) is 4.25. The molecule has 2 aromatic heterocycles. The Hall–Kier alpha value is -2.93. The predicted molar refractivity (Wildman–Crippen MR) is 105 cm³/mol. The van der Waals surface area contributed by atoms with E-state index >= 15 is 0 Å². The zero-order valence-corrected chi connectivity index (χ0v) is 15.6. The van der Waals surface area contributed by atoms with E-state index in [9.17, 15) is 4.79 Å². The summed E-state index contributed by atoms with van der Waals surface area (Å²) in [7, 11) is 0. The number of rotatable bonds is 5. The van der Waals surface area contributed by atoms with E-state index in [1.54, 1.807) is 29.8 Å². The highest BCUT2D eigenvalue weighted by Crippen LogP contribution is 2.19. The molecule has 3 heterocycles. The first-order chi connectivity index (χ1) is 13.3. The molecule has 4 rings (SSSR count). The van der Waals surface area contributed by atoms with Gasteiger partial charge in [0, 0.05) is 49.0 Å². The molecule has 1 saturated heterocycles. The second-order valence-corrected chi connectivity index (χ2v) is 7.26. The molecular weight excluding hydrogens is 360 g/mol. The molecule has 0 atom stereocenters. The van der Waals surface area contributed by atoms with Gasteiger partial charge in [-0.05, 0) is 35.7 Å². The van der Waals surface area contributed by atoms with Gasteiger partial charge in [0.15, 0.2) is 0 Å². The van der Waals surface area contributed by atoms with E-state index in [0.717, 1.165) is 18.0 Å². The second-order valence-electron chi connectivity index (χ2n) is 6.22. The maximum Gasteiger partial charge on any atom is 0.254 e. The average Bonchev–Trinajstić information content (AvgIpc) is 3.26. The van der Waals surface area contributed by atoms with Gasteiger partial charge in [0.2, 0.25) is 5.95 Å². The summed E-state index contributed by atoms with van der Waals surface area (Å²) in [4.78, 5) is 26.5. The standard InChI is InChI=1S/C20H20N4O2S/c25-19(23-9-11-24(12-10-23)20-21-7-3-8-22-20)16-4-1-5-17(14-16)26-15-18-6-2-13-27-18/h1-8,13-14H,9-12,15H2. The Balaban J connectivity index is 1.36. The molecule has 3 aromatic rings. The van der Waals surface area contributed by atoms with Crippen molar-refractivity contribution in [2.45, 2.75) is 6.61 Å². The van der Waals surface area contributed by atoms with Gasteiger partial charge in [-0.2, -0.15) is 0 Å². The van der Waals surface area contributed by atoms with Gasteiger partial charge >= 0.3 is 0 Å². The van der Waals surface area contributed by atoms with Crippen LogP contribution in [0.5, 0.6) is 5.75 Å². The maximum atomic E-state index is 12.9. The van der Waals surface area contributed by atoms with E-state index < -0.39 is 0 Å². The lowest BCUT2D eigenvalue weighted by Gasteiger charge is -2.34. The first-order valence-electron chi connectivity index (χ1n) is 8.86. The molecule has 0 bridgehead atoms. The van der Waals surface area contributed by atoms with Crippen molar-refractivity contribution in [3.05, 3.63) is 70.7 Å². The van der Waals surface area contributed by atoms with Crippen LogP contribution < -0.4 is 9.64 Å². The van der Waals surface area contributed by atoms with Gasteiger partial charge in [-0.1, -0.05) is 12.1 Å². The zero-order chi connectivity index (χ0) is 18.5. The molecule has 0 spiro atoms. The summed E-state index contributed by atoms with van der Waals surface area (Å²) in [6.07, 6.45) is 3.48. The van der Waals surface area contributed by atoms with Crippen LogP contribution in [0.2, 0.25) is 0 Å². The Morgan fingerprint density at radius 2 is 1.85 bits per heavy atom.